The summed E-state index contributed by atoms with van der Waals surface area (Å²) in [5.41, 5.74) is 3.79. The van der Waals surface area contributed by atoms with Crippen molar-refractivity contribution >= 4 is 50.1 Å². The van der Waals surface area contributed by atoms with E-state index < -0.39 is 16.1 Å². The molecule has 0 saturated heterocycles. The summed E-state index contributed by atoms with van der Waals surface area (Å²) >= 11 is 2.20. The Morgan fingerprint density at radius 2 is 1.70 bits per heavy atom. The minimum absolute atomic E-state index is 0.309. The van der Waals surface area contributed by atoms with E-state index in [-0.39, 0.29) is 6.54 Å². The van der Waals surface area contributed by atoms with Crippen LogP contribution in [0.2, 0.25) is 0 Å². The molecule has 0 bridgehead atoms. The van der Waals surface area contributed by atoms with Crippen LogP contribution >= 0.6 is 22.6 Å². The van der Waals surface area contributed by atoms with Crippen LogP contribution in [0.25, 0.3) is 0 Å². The van der Waals surface area contributed by atoms with Gasteiger partial charge in [0.1, 0.15) is 6.54 Å². The highest BCUT2D eigenvalue weighted by Crippen LogP contribution is 2.25. The van der Waals surface area contributed by atoms with E-state index in [1.54, 1.807) is 6.07 Å². The molecule has 0 aliphatic carbocycles. The summed E-state index contributed by atoms with van der Waals surface area (Å²) < 4.78 is 29.0. The summed E-state index contributed by atoms with van der Waals surface area (Å²) in [6.45, 7) is 5.31. The van der Waals surface area contributed by atoms with E-state index in [0.717, 1.165) is 28.9 Å². The molecular formula is C19H24IN3O3S. The maximum Gasteiger partial charge on any atom is 0.304 e. The molecule has 0 unspecified atom stereocenters. The highest BCUT2D eigenvalue weighted by Gasteiger charge is 2.28. The molecule has 1 amide bonds. The van der Waals surface area contributed by atoms with Crippen molar-refractivity contribution in [3.05, 3.63) is 56.7 Å². The first-order chi connectivity index (χ1) is 12.5. The van der Waals surface area contributed by atoms with Gasteiger partial charge in [-0.2, -0.15) is 12.7 Å². The van der Waals surface area contributed by atoms with Crippen molar-refractivity contribution in [2.45, 2.75) is 20.8 Å². The number of carbonyl (C=O) groups is 1. The molecular weight excluding hydrogens is 477 g/mol. The second kappa shape index (κ2) is 8.57. The Balaban J connectivity index is 2.37. The van der Waals surface area contributed by atoms with E-state index in [9.17, 15) is 13.2 Å². The number of benzene rings is 2. The van der Waals surface area contributed by atoms with Gasteiger partial charge in [-0.3, -0.25) is 4.79 Å². The Hall–Kier alpha value is -1.65. The SMILES string of the molecule is Cc1ccc(C)c(N(CC(=O)Nc2ccc(I)cc2C)S(=O)(=O)N(C)C)c1. The minimum Gasteiger partial charge on any atom is -0.324 e. The summed E-state index contributed by atoms with van der Waals surface area (Å²) in [5, 5.41) is 2.82. The van der Waals surface area contributed by atoms with Gasteiger partial charge in [0.2, 0.25) is 5.91 Å². The number of nitrogens with zero attached hydrogens (tertiary/aromatic N) is 2. The molecule has 0 aliphatic rings. The average Bonchev–Trinajstić information content (AvgIpc) is 2.57. The van der Waals surface area contributed by atoms with Gasteiger partial charge in [0.15, 0.2) is 0 Å². The van der Waals surface area contributed by atoms with Crippen molar-refractivity contribution in [2.24, 2.45) is 0 Å². The molecule has 1 N–H and O–H groups in total. The lowest BCUT2D eigenvalue weighted by Crippen LogP contribution is -2.44. The Morgan fingerprint density at radius 1 is 1.04 bits per heavy atom. The molecule has 0 aliphatic heterocycles. The second-order valence-corrected chi connectivity index (χ2v) is 9.91. The van der Waals surface area contributed by atoms with Gasteiger partial charge in [-0.05, 0) is 84.3 Å². The smallest absolute Gasteiger partial charge is 0.304 e. The summed E-state index contributed by atoms with van der Waals surface area (Å²) in [5.74, 6) is -0.398. The number of amides is 1. The zero-order chi connectivity index (χ0) is 20.4. The number of hydrogen-bond donors (Lipinski definition) is 1. The number of anilines is 2. The molecule has 27 heavy (non-hydrogen) atoms. The van der Waals surface area contributed by atoms with Crippen molar-refractivity contribution in [1.82, 2.24) is 4.31 Å². The zero-order valence-electron chi connectivity index (χ0n) is 16.1. The molecule has 146 valence electrons. The van der Waals surface area contributed by atoms with E-state index in [1.165, 1.54) is 14.1 Å². The normalized spacial score (nSPS) is 11.5. The second-order valence-electron chi connectivity index (χ2n) is 6.59. The average molecular weight is 501 g/mol. The van der Waals surface area contributed by atoms with Crippen LogP contribution in [0.4, 0.5) is 11.4 Å². The largest absolute Gasteiger partial charge is 0.324 e. The molecule has 0 spiro atoms. The van der Waals surface area contributed by atoms with Crippen LogP contribution in [0.3, 0.4) is 0 Å². The first-order valence-corrected chi connectivity index (χ1v) is 10.8. The van der Waals surface area contributed by atoms with Crippen LogP contribution < -0.4 is 9.62 Å². The summed E-state index contributed by atoms with van der Waals surface area (Å²) in [6, 6.07) is 11.2. The lowest BCUT2D eigenvalue weighted by molar-refractivity contribution is -0.114. The predicted molar refractivity (Wildman–Crippen MR) is 118 cm³/mol. The predicted octanol–water partition coefficient (Wildman–Crippen LogP) is 3.47. The van der Waals surface area contributed by atoms with Gasteiger partial charge in [-0.25, -0.2) is 4.31 Å². The number of halogens is 1. The molecule has 0 radical (unpaired) electrons. The highest BCUT2D eigenvalue weighted by atomic mass is 127. The summed E-state index contributed by atoms with van der Waals surface area (Å²) in [6.07, 6.45) is 0. The molecule has 8 heteroatoms. The Bertz CT molecular complexity index is 959. The fraction of sp³-hybridized carbons (Fsp3) is 0.316. The third-order valence-electron chi connectivity index (χ3n) is 4.12. The van der Waals surface area contributed by atoms with Crippen LogP contribution in [-0.4, -0.2) is 39.3 Å². The van der Waals surface area contributed by atoms with Crippen molar-refractivity contribution in [1.29, 1.82) is 0 Å². The van der Waals surface area contributed by atoms with Gasteiger partial charge in [0.25, 0.3) is 0 Å². The topological polar surface area (TPSA) is 69.7 Å². The van der Waals surface area contributed by atoms with E-state index in [1.807, 2.05) is 51.1 Å². The fourth-order valence-corrected chi connectivity index (χ4v) is 4.33. The van der Waals surface area contributed by atoms with Crippen LogP contribution in [0.1, 0.15) is 16.7 Å². The van der Waals surface area contributed by atoms with E-state index in [4.69, 9.17) is 0 Å². The van der Waals surface area contributed by atoms with E-state index in [2.05, 4.69) is 27.9 Å². The zero-order valence-corrected chi connectivity index (χ0v) is 19.1. The molecule has 0 heterocycles. The van der Waals surface area contributed by atoms with E-state index in [0.29, 0.717) is 11.4 Å². The molecule has 0 atom stereocenters. The Kier molecular flexibility index (Phi) is 6.87. The van der Waals surface area contributed by atoms with Crippen LogP contribution in [-0.2, 0) is 15.0 Å². The Morgan fingerprint density at radius 3 is 2.30 bits per heavy atom. The number of carbonyl (C=O) groups excluding carboxylic acids is 1. The van der Waals surface area contributed by atoms with Crippen molar-refractivity contribution < 1.29 is 13.2 Å². The first kappa shape index (κ1) is 21.6. The molecule has 2 aromatic carbocycles. The van der Waals surface area contributed by atoms with E-state index >= 15 is 0 Å². The number of rotatable bonds is 6. The monoisotopic (exact) mass is 501 g/mol. The highest BCUT2D eigenvalue weighted by molar-refractivity contribution is 14.1. The maximum atomic E-state index is 12.9. The van der Waals surface area contributed by atoms with Crippen LogP contribution in [0.5, 0.6) is 0 Å². The quantitative estimate of drug-likeness (QED) is 0.617. The minimum atomic E-state index is -3.83. The molecule has 0 saturated carbocycles. The molecule has 0 fully saturated rings. The fourth-order valence-electron chi connectivity index (χ4n) is 2.56. The van der Waals surface area contributed by atoms with Crippen LogP contribution in [0, 0.1) is 24.3 Å². The lowest BCUT2D eigenvalue weighted by Gasteiger charge is -2.28. The first-order valence-electron chi connectivity index (χ1n) is 8.36. The molecule has 2 aromatic rings. The van der Waals surface area contributed by atoms with Gasteiger partial charge in [0, 0.05) is 23.4 Å². The standard InChI is InChI=1S/C19H24IN3O3S/c1-13-6-7-14(2)18(10-13)23(27(25,26)22(4)5)12-19(24)21-17-9-8-16(20)11-15(17)3/h6-11H,12H2,1-5H3,(H,21,24). The molecule has 6 nitrogen and oxygen atoms in total. The number of nitrogens with one attached hydrogen (secondary N) is 1. The van der Waals surface area contributed by atoms with Gasteiger partial charge in [0.05, 0.1) is 5.69 Å². The third kappa shape index (κ3) is 5.20. The van der Waals surface area contributed by atoms with Crippen LogP contribution in [0.15, 0.2) is 36.4 Å². The van der Waals surface area contributed by atoms with Crippen molar-refractivity contribution in [3.63, 3.8) is 0 Å². The van der Waals surface area contributed by atoms with Gasteiger partial charge >= 0.3 is 10.2 Å². The van der Waals surface area contributed by atoms with Gasteiger partial charge in [-0.1, -0.05) is 12.1 Å². The Labute approximate surface area is 174 Å². The summed E-state index contributed by atoms with van der Waals surface area (Å²) in [4.78, 5) is 12.7. The molecule has 2 rings (SSSR count). The lowest BCUT2D eigenvalue weighted by atomic mass is 10.1. The third-order valence-corrected chi connectivity index (χ3v) is 6.60. The van der Waals surface area contributed by atoms with Gasteiger partial charge in [-0.15, -0.1) is 0 Å². The maximum absolute atomic E-state index is 12.9. The van der Waals surface area contributed by atoms with Gasteiger partial charge < -0.3 is 5.32 Å². The van der Waals surface area contributed by atoms with Crippen molar-refractivity contribution in [2.75, 3.05) is 30.3 Å². The number of hydrogen-bond acceptors (Lipinski definition) is 3. The number of aryl methyl sites for hydroxylation is 3. The molecule has 0 aromatic heterocycles. The van der Waals surface area contributed by atoms with Crippen molar-refractivity contribution in [3.8, 4) is 0 Å². The summed E-state index contributed by atoms with van der Waals surface area (Å²) in [7, 11) is -0.925.